The molecule has 1 heterocycles. The van der Waals surface area contributed by atoms with Gasteiger partial charge < -0.3 is 10.2 Å². The van der Waals surface area contributed by atoms with Crippen LogP contribution in [0.3, 0.4) is 0 Å². The van der Waals surface area contributed by atoms with E-state index in [0.29, 0.717) is 0 Å². The molecule has 0 spiro atoms. The molecule has 0 bridgehead atoms. The number of nitrogens with one attached hydrogen (secondary N) is 1. The van der Waals surface area contributed by atoms with Crippen molar-refractivity contribution in [2.45, 2.75) is 24.2 Å². The van der Waals surface area contributed by atoms with Crippen LogP contribution in [0, 0.1) is 0 Å². The van der Waals surface area contributed by atoms with Crippen molar-refractivity contribution in [3.63, 3.8) is 0 Å². The molecular formula is C8H15NO7S2. The van der Waals surface area contributed by atoms with Gasteiger partial charge in [-0.15, -0.1) is 0 Å². The number of aliphatic carboxylic acids is 1. The first-order valence-corrected chi connectivity index (χ1v) is 8.48. The van der Waals surface area contributed by atoms with Crippen molar-refractivity contribution in [1.29, 1.82) is 0 Å². The Kier molecular flexibility index (Phi) is 4.06. The second-order valence-electron chi connectivity index (χ2n) is 4.47. The van der Waals surface area contributed by atoms with Crippen molar-refractivity contribution in [1.82, 2.24) is 4.72 Å². The highest BCUT2D eigenvalue weighted by Gasteiger charge is 2.39. The number of hydrogen-bond acceptors (Lipinski definition) is 6. The van der Waals surface area contributed by atoms with E-state index in [1.807, 2.05) is 4.72 Å². The summed E-state index contributed by atoms with van der Waals surface area (Å²) in [6.07, 6.45) is -0.0210. The summed E-state index contributed by atoms with van der Waals surface area (Å²) >= 11 is 0. The zero-order valence-corrected chi connectivity index (χ0v) is 11.3. The molecule has 18 heavy (non-hydrogen) atoms. The number of carbonyl (C=O) groups is 1. The van der Waals surface area contributed by atoms with Crippen LogP contribution in [0.5, 0.6) is 0 Å². The number of sulfone groups is 1. The number of carboxylic acid groups (broad SMARTS) is 1. The largest absolute Gasteiger partial charge is 0.479 e. The van der Waals surface area contributed by atoms with Crippen molar-refractivity contribution >= 4 is 25.8 Å². The fraction of sp³-hybridized carbons (Fsp3) is 0.875. The van der Waals surface area contributed by atoms with Crippen LogP contribution < -0.4 is 4.72 Å². The molecule has 0 aromatic heterocycles. The first kappa shape index (κ1) is 15.3. The quantitative estimate of drug-likeness (QED) is 0.530. The van der Waals surface area contributed by atoms with Gasteiger partial charge in [0.1, 0.15) is 0 Å². The zero-order chi connectivity index (χ0) is 14.2. The summed E-state index contributed by atoms with van der Waals surface area (Å²) in [6, 6.07) is 0. The molecule has 0 aromatic carbocycles. The molecule has 0 radical (unpaired) electrons. The van der Waals surface area contributed by atoms with Crippen LogP contribution in [-0.2, 0) is 24.7 Å². The molecule has 8 nitrogen and oxygen atoms in total. The van der Waals surface area contributed by atoms with Crippen molar-refractivity contribution < 1.29 is 31.8 Å². The molecule has 2 unspecified atom stereocenters. The molecule has 1 rings (SSSR count). The van der Waals surface area contributed by atoms with Crippen molar-refractivity contribution in [3.05, 3.63) is 0 Å². The van der Waals surface area contributed by atoms with Crippen molar-refractivity contribution in [3.8, 4) is 0 Å². The summed E-state index contributed by atoms with van der Waals surface area (Å²) in [5, 5.41) is 16.9. The summed E-state index contributed by atoms with van der Waals surface area (Å²) in [5.74, 6) is -2.24. The van der Waals surface area contributed by atoms with Gasteiger partial charge in [0.25, 0.3) is 0 Å². The second kappa shape index (κ2) is 4.76. The number of hydrogen-bond donors (Lipinski definition) is 3. The van der Waals surface area contributed by atoms with Gasteiger partial charge in [0, 0.05) is 6.54 Å². The summed E-state index contributed by atoms with van der Waals surface area (Å²) in [5.41, 5.74) is -2.23. The first-order valence-electron chi connectivity index (χ1n) is 5.11. The molecule has 3 N–H and O–H groups in total. The van der Waals surface area contributed by atoms with Crippen LogP contribution in [0.15, 0.2) is 0 Å². The lowest BCUT2D eigenvalue weighted by atomic mass is 10.1. The lowest BCUT2D eigenvalue weighted by Gasteiger charge is -2.19. The molecule has 106 valence electrons. The molecule has 1 aliphatic heterocycles. The molecule has 0 aliphatic carbocycles. The highest BCUT2D eigenvalue weighted by atomic mass is 32.2. The Labute approximate surface area is 105 Å². The lowest BCUT2D eigenvalue weighted by Crippen LogP contribution is -2.48. The van der Waals surface area contributed by atoms with E-state index in [1.54, 1.807) is 0 Å². The number of rotatable bonds is 5. The van der Waals surface area contributed by atoms with Gasteiger partial charge in [0.15, 0.2) is 15.4 Å². The van der Waals surface area contributed by atoms with E-state index >= 15 is 0 Å². The van der Waals surface area contributed by atoms with Gasteiger partial charge in [-0.25, -0.2) is 26.4 Å². The minimum atomic E-state index is -3.95. The lowest BCUT2D eigenvalue weighted by molar-refractivity contribution is -0.155. The van der Waals surface area contributed by atoms with Gasteiger partial charge in [-0.2, -0.15) is 0 Å². The van der Waals surface area contributed by atoms with Crippen molar-refractivity contribution in [2.24, 2.45) is 0 Å². The average Bonchev–Trinajstić information content (AvgIpc) is 2.57. The maximum absolute atomic E-state index is 11.7. The van der Waals surface area contributed by atoms with Crippen molar-refractivity contribution in [2.75, 3.05) is 18.1 Å². The second-order valence-corrected chi connectivity index (χ2v) is 8.74. The molecule has 0 amide bonds. The minimum absolute atomic E-state index is 0.0210. The van der Waals surface area contributed by atoms with Crippen LogP contribution in [0.1, 0.15) is 13.3 Å². The minimum Gasteiger partial charge on any atom is -0.479 e. The van der Waals surface area contributed by atoms with E-state index < -0.39 is 49.0 Å². The molecule has 0 saturated carbocycles. The van der Waals surface area contributed by atoms with Gasteiger partial charge in [0.2, 0.25) is 10.0 Å². The first-order chi connectivity index (χ1) is 7.96. The van der Waals surface area contributed by atoms with Crippen LogP contribution in [0.25, 0.3) is 0 Å². The SMILES string of the molecule is CC(O)(CNS(=O)(=O)C1CCS(=O)(=O)C1)C(=O)O. The van der Waals surface area contributed by atoms with Crippen LogP contribution >= 0.6 is 0 Å². The van der Waals surface area contributed by atoms with E-state index in [1.165, 1.54) is 0 Å². The van der Waals surface area contributed by atoms with E-state index in [0.717, 1.165) is 6.92 Å². The standard InChI is InChI=1S/C8H15NO7S2/c1-8(12,7(10)11)5-9-18(15,16)6-2-3-17(13,14)4-6/h6,9,12H,2-5H2,1H3,(H,10,11). The highest BCUT2D eigenvalue weighted by Crippen LogP contribution is 2.18. The Bertz CT molecular complexity index is 534. The van der Waals surface area contributed by atoms with Crippen LogP contribution in [0.2, 0.25) is 0 Å². The average molecular weight is 301 g/mol. The summed E-state index contributed by atoms with van der Waals surface area (Å²) in [4.78, 5) is 10.6. The normalized spacial score (nSPS) is 26.7. The molecule has 1 aliphatic rings. The summed E-state index contributed by atoms with van der Waals surface area (Å²) in [7, 11) is -7.30. The van der Waals surface area contributed by atoms with Gasteiger partial charge in [-0.05, 0) is 13.3 Å². The van der Waals surface area contributed by atoms with Crippen LogP contribution in [0.4, 0.5) is 0 Å². The third-order valence-electron chi connectivity index (χ3n) is 2.71. The third kappa shape index (κ3) is 3.64. The predicted molar refractivity (Wildman–Crippen MR) is 62.2 cm³/mol. The molecule has 1 fully saturated rings. The van der Waals surface area contributed by atoms with Gasteiger partial charge >= 0.3 is 5.97 Å². The topological polar surface area (TPSA) is 138 Å². The Morgan fingerprint density at radius 1 is 1.50 bits per heavy atom. The van der Waals surface area contributed by atoms with Gasteiger partial charge in [-0.1, -0.05) is 0 Å². The Morgan fingerprint density at radius 2 is 2.06 bits per heavy atom. The maximum atomic E-state index is 11.7. The smallest absolute Gasteiger partial charge is 0.336 e. The fourth-order valence-corrected chi connectivity index (χ4v) is 5.62. The van der Waals surface area contributed by atoms with Gasteiger partial charge in [0.05, 0.1) is 16.8 Å². The van der Waals surface area contributed by atoms with E-state index in [-0.39, 0.29) is 12.2 Å². The fourth-order valence-electron chi connectivity index (χ4n) is 1.44. The molecule has 0 aromatic rings. The summed E-state index contributed by atoms with van der Waals surface area (Å²) in [6.45, 7) is 0.241. The number of sulfonamides is 1. The van der Waals surface area contributed by atoms with Crippen LogP contribution in [-0.4, -0.2) is 61.9 Å². The summed E-state index contributed by atoms with van der Waals surface area (Å²) < 4.78 is 47.7. The van der Waals surface area contributed by atoms with E-state index in [4.69, 9.17) is 5.11 Å². The van der Waals surface area contributed by atoms with E-state index in [9.17, 15) is 26.7 Å². The molecule has 10 heteroatoms. The van der Waals surface area contributed by atoms with E-state index in [2.05, 4.69) is 0 Å². The molecule has 1 saturated heterocycles. The Hall–Kier alpha value is -0.710. The maximum Gasteiger partial charge on any atom is 0.336 e. The van der Waals surface area contributed by atoms with Gasteiger partial charge in [-0.3, -0.25) is 0 Å². The monoisotopic (exact) mass is 301 g/mol. The highest BCUT2D eigenvalue weighted by molar-refractivity contribution is 7.95. The zero-order valence-electron chi connectivity index (χ0n) is 9.66. The Morgan fingerprint density at radius 3 is 2.44 bits per heavy atom. The molecular weight excluding hydrogens is 286 g/mol. The predicted octanol–water partition coefficient (Wildman–Crippen LogP) is -2.07. The number of aliphatic hydroxyl groups is 1. The molecule has 2 atom stereocenters. The number of carboxylic acids is 1. The third-order valence-corrected chi connectivity index (χ3v) is 6.51. The Balaban J connectivity index is 2.70.